The molecule has 1 amide bonds. The van der Waals surface area contributed by atoms with Crippen LogP contribution in [0.1, 0.15) is 49.6 Å². The number of pyridine rings is 1. The maximum Gasteiger partial charge on any atom is 0.292 e. The molecule has 5 nitrogen and oxygen atoms in total. The Labute approximate surface area is 135 Å². The van der Waals surface area contributed by atoms with Gasteiger partial charge in [-0.25, -0.2) is 0 Å². The van der Waals surface area contributed by atoms with Gasteiger partial charge in [-0.2, -0.15) is 0 Å². The van der Waals surface area contributed by atoms with Crippen molar-refractivity contribution >= 4 is 5.91 Å². The molecule has 1 saturated heterocycles. The first kappa shape index (κ1) is 14.4. The molecule has 3 heterocycles. The summed E-state index contributed by atoms with van der Waals surface area (Å²) in [4.78, 5) is 18.9. The number of carbonyl (C=O) groups excluding carboxylic acids is 1. The van der Waals surface area contributed by atoms with Crippen molar-refractivity contribution in [2.45, 2.75) is 45.1 Å². The van der Waals surface area contributed by atoms with E-state index in [0.717, 1.165) is 18.5 Å². The lowest BCUT2D eigenvalue weighted by Gasteiger charge is -2.23. The highest BCUT2D eigenvalue weighted by atomic mass is 16.5. The standard InChI is InChI=1S/C18H21N3O2/c1-13-10-18(6-2-3-7-18)12-21(13)17(22)16-9-15(20-23-16)14-5-4-8-19-11-14/h4-5,8-9,11,13H,2-3,6-7,10,12H2,1H3. The van der Waals surface area contributed by atoms with Crippen molar-refractivity contribution in [3.8, 4) is 11.3 Å². The fourth-order valence-electron chi connectivity index (χ4n) is 4.25. The lowest BCUT2D eigenvalue weighted by Crippen LogP contribution is -2.34. The second kappa shape index (κ2) is 5.48. The lowest BCUT2D eigenvalue weighted by atomic mass is 9.84. The Morgan fingerprint density at radius 2 is 2.22 bits per heavy atom. The molecule has 1 aliphatic carbocycles. The monoisotopic (exact) mass is 311 g/mol. The average molecular weight is 311 g/mol. The predicted octanol–water partition coefficient (Wildman–Crippen LogP) is 3.53. The van der Waals surface area contributed by atoms with Crippen molar-refractivity contribution in [1.82, 2.24) is 15.0 Å². The summed E-state index contributed by atoms with van der Waals surface area (Å²) in [6.07, 6.45) is 9.63. The summed E-state index contributed by atoms with van der Waals surface area (Å²) in [5.41, 5.74) is 1.86. The number of nitrogens with zero attached hydrogens (tertiary/aromatic N) is 3. The van der Waals surface area contributed by atoms with E-state index in [0.29, 0.717) is 16.9 Å². The summed E-state index contributed by atoms with van der Waals surface area (Å²) in [7, 11) is 0. The van der Waals surface area contributed by atoms with Crippen molar-refractivity contribution in [3.63, 3.8) is 0 Å². The zero-order chi connectivity index (χ0) is 15.9. The van der Waals surface area contributed by atoms with Gasteiger partial charge >= 0.3 is 0 Å². The Morgan fingerprint density at radius 3 is 2.96 bits per heavy atom. The SMILES string of the molecule is CC1CC2(CCCC2)CN1C(=O)c1cc(-c2cccnc2)no1. The van der Waals surface area contributed by atoms with Crippen LogP contribution in [0.5, 0.6) is 0 Å². The van der Waals surface area contributed by atoms with Crippen LogP contribution < -0.4 is 0 Å². The number of hydrogen-bond acceptors (Lipinski definition) is 4. The molecule has 1 atom stereocenters. The number of hydrogen-bond donors (Lipinski definition) is 0. The van der Waals surface area contributed by atoms with E-state index in [9.17, 15) is 4.79 Å². The van der Waals surface area contributed by atoms with E-state index in [2.05, 4.69) is 17.1 Å². The van der Waals surface area contributed by atoms with Crippen LogP contribution in [0.4, 0.5) is 0 Å². The molecular weight excluding hydrogens is 290 g/mol. The minimum absolute atomic E-state index is 0.0380. The second-order valence-corrected chi connectivity index (χ2v) is 7.01. The van der Waals surface area contributed by atoms with Gasteiger partial charge < -0.3 is 9.42 Å². The molecule has 23 heavy (non-hydrogen) atoms. The molecule has 2 aromatic heterocycles. The molecule has 1 spiro atoms. The van der Waals surface area contributed by atoms with Crippen molar-refractivity contribution in [1.29, 1.82) is 0 Å². The lowest BCUT2D eigenvalue weighted by molar-refractivity contribution is 0.0690. The Bertz CT molecular complexity index is 704. The highest BCUT2D eigenvalue weighted by molar-refractivity contribution is 5.92. The van der Waals surface area contributed by atoms with Gasteiger partial charge in [0.25, 0.3) is 5.91 Å². The third kappa shape index (κ3) is 2.54. The summed E-state index contributed by atoms with van der Waals surface area (Å²) < 4.78 is 5.32. The first-order valence-electron chi connectivity index (χ1n) is 8.35. The molecule has 0 N–H and O–H groups in total. The fourth-order valence-corrected chi connectivity index (χ4v) is 4.25. The van der Waals surface area contributed by atoms with Gasteiger partial charge in [-0.15, -0.1) is 0 Å². The summed E-state index contributed by atoms with van der Waals surface area (Å²) in [6, 6.07) is 5.75. The molecule has 4 rings (SSSR count). The fraction of sp³-hybridized carbons (Fsp3) is 0.500. The van der Waals surface area contributed by atoms with Crippen LogP contribution in [0.15, 0.2) is 35.1 Å². The number of likely N-dealkylation sites (tertiary alicyclic amines) is 1. The van der Waals surface area contributed by atoms with Gasteiger partial charge in [-0.05, 0) is 43.7 Å². The van der Waals surface area contributed by atoms with Crippen LogP contribution in [0.25, 0.3) is 11.3 Å². The highest BCUT2D eigenvalue weighted by Crippen LogP contribution is 2.47. The van der Waals surface area contributed by atoms with Crippen LogP contribution >= 0.6 is 0 Å². The van der Waals surface area contributed by atoms with Gasteiger partial charge in [-0.3, -0.25) is 9.78 Å². The van der Waals surface area contributed by atoms with Crippen LogP contribution in [-0.4, -0.2) is 33.5 Å². The number of amides is 1. The van der Waals surface area contributed by atoms with E-state index < -0.39 is 0 Å². The van der Waals surface area contributed by atoms with E-state index in [-0.39, 0.29) is 11.9 Å². The first-order valence-corrected chi connectivity index (χ1v) is 8.35. The maximum atomic E-state index is 12.8. The van der Waals surface area contributed by atoms with Gasteiger partial charge in [0.2, 0.25) is 5.76 Å². The molecule has 2 aromatic rings. The zero-order valence-corrected chi connectivity index (χ0v) is 13.4. The van der Waals surface area contributed by atoms with E-state index in [4.69, 9.17) is 4.52 Å². The largest absolute Gasteiger partial charge is 0.350 e. The van der Waals surface area contributed by atoms with E-state index in [1.54, 1.807) is 18.5 Å². The van der Waals surface area contributed by atoms with Gasteiger partial charge in [-0.1, -0.05) is 18.0 Å². The molecule has 1 aliphatic heterocycles. The molecule has 1 saturated carbocycles. The smallest absolute Gasteiger partial charge is 0.292 e. The van der Waals surface area contributed by atoms with Gasteiger partial charge in [0.05, 0.1) is 0 Å². The summed E-state index contributed by atoms with van der Waals surface area (Å²) in [5, 5.41) is 4.03. The minimum atomic E-state index is -0.0380. The van der Waals surface area contributed by atoms with Gasteiger partial charge in [0, 0.05) is 36.6 Å². The molecule has 5 heteroatoms. The minimum Gasteiger partial charge on any atom is -0.350 e. The predicted molar refractivity (Wildman–Crippen MR) is 85.8 cm³/mol. The molecule has 2 fully saturated rings. The summed E-state index contributed by atoms with van der Waals surface area (Å²) >= 11 is 0. The Hall–Kier alpha value is -2.17. The Morgan fingerprint density at radius 1 is 1.39 bits per heavy atom. The van der Waals surface area contributed by atoms with E-state index in [1.165, 1.54) is 25.7 Å². The van der Waals surface area contributed by atoms with Crippen molar-refractivity contribution in [3.05, 3.63) is 36.4 Å². The normalized spacial score (nSPS) is 22.8. The molecular formula is C18H21N3O2. The van der Waals surface area contributed by atoms with Gasteiger partial charge in [0.15, 0.2) is 0 Å². The van der Waals surface area contributed by atoms with Crippen molar-refractivity contribution in [2.24, 2.45) is 5.41 Å². The van der Waals surface area contributed by atoms with Crippen LogP contribution in [0.2, 0.25) is 0 Å². The average Bonchev–Trinajstić information content (AvgIpc) is 3.29. The van der Waals surface area contributed by atoms with E-state index in [1.807, 2.05) is 17.0 Å². The first-order chi connectivity index (χ1) is 11.2. The van der Waals surface area contributed by atoms with Crippen LogP contribution in [-0.2, 0) is 0 Å². The maximum absolute atomic E-state index is 12.8. The Kier molecular flexibility index (Phi) is 3.43. The quantitative estimate of drug-likeness (QED) is 0.851. The van der Waals surface area contributed by atoms with Crippen LogP contribution in [0.3, 0.4) is 0 Å². The molecule has 1 unspecified atom stereocenters. The van der Waals surface area contributed by atoms with E-state index >= 15 is 0 Å². The molecule has 120 valence electrons. The topological polar surface area (TPSA) is 59.2 Å². The third-order valence-electron chi connectivity index (χ3n) is 5.37. The molecule has 0 bridgehead atoms. The Balaban J connectivity index is 1.54. The van der Waals surface area contributed by atoms with Crippen LogP contribution in [0, 0.1) is 5.41 Å². The number of rotatable bonds is 2. The molecule has 0 aromatic carbocycles. The number of carbonyl (C=O) groups is 1. The van der Waals surface area contributed by atoms with Gasteiger partial charge in [0.1, 0.15) is 5.69 Å². The third-order valence-corrected chi connectivity index (χ3v) is 5.37. The molecule has 2 aliphatic rings. The molecule has 0 radical (unpaired) electrons. The highest BCUT2D eigenvalue weighted by Gasteiger charge is 2.46. The summed E-state index contributed by atoms with van der Waals surface area (Å²) in [5.74, 6) is 0.287. The second-order valence-electron chi connectivity index (χ2n) is 7.01. The van der Waals surface area contributed by atoms with Crippen molar-refractivity contribution in [2.75, 3.05) is 6.54 Å². The zero-order valence-electron chi connectivity index (χ0n) is 13.4. The van der Waals surface area contributed by atoms with Crippen molar-refractivity contribution < 1.29 is 9.32 Å². The summed E-state index contributed by atoms with van der Waals surface area (Å²) in [6.45, 7) is 3.00. The number of aromatic nitrogens is 2.